The molecule has 6 rings (SSSR count). The zero-order valence-corrected chi connectivity index (χ0v) is 20.5. The van der Waals surface area contributed by atoms with E-state index in [-0.39, 0.29) is 30.1 Å². The van der Waals surface area contributed by atoms with Crippen LogP contribution in [0.3, 0.4) is 0 Å². The van der Waals surface area contributed by atoms with Gasteiger partial charge in [-0.25, -0.2) is 4.98 Å². The number of nitrogens with zero attached hydrogens (tertiary/aromatic N) is 2. The van der Waals surface area contributed by atoms with Crippen molar-refractivity contribution in [1.82, 2.24) is 14.9 Å². The molecule has 0 bridgehead atoms. The lowest BCUT2D eigenvalue weighted by Gasteiger charge is -2.13. The first-order valence-electron chi connectivity index (χ1n) is 11.5. The molecule has 2 aliphatic rings. The molecule has 35 heavy (non-hydrogen) atoms. The van der Waals surface area contributed by atoms with Crippen molar-refractivity contribution >= 4 is 49.3 Å². The molecule has 0 unspecified atom stereocenters. The molecule has 1 N–H and O–H groups in total. The summed E-state index contributed by atoms with van der Waals surface area (Å²) in [5, 5.41) is 4.40. The molecule has 10 heteroatoms. The van der Waals surface area contributed by atoms with Crippen LogP contribution in [0.5, 0.6) is 11.5 Å². The number of carbonyl (C=O) groups is 1. The Hall–Kier alpha value is -3.08. The second-order valence-electron chi connectivity index (χ2n) is 8.48. The molecule has 2 aromatic heterocycles. The normalized spacial score (nSPS) is 16.9. The summed E-state index contributed by atoms with van der Waals surface area (Å²) in [5.41, 5.74) is 1.46. The molecule has 180 valence electrons. The van der Waals surface area contributed by atoms with Gasteiger partial charge in [-0.2, -0.15) is 0 Å². The number of hydrogen-bond acceptors (Lipinski definition) is 8. The third-order valence-electron chi connectivity index (χ3n) is 6.11. The van der Waals surface area contributed by atoms with Crippen LogP contribution in [-0.2, 0) is 16.1 Å². The first-order chi connectivity index (χ1) is 17.2. The summed E-state index contributed by atoms with van der Waals surface area (Å²) >= 11 is 2.72. The number of hydrogen-bond donors (Lipinski definition) is 1. The number of rotatable bonds is 7. The van der Waals surface area contributed by atoms with Crippen molar-refractivity contribution < 1.29 is 19.0 Å². The highest BCUT2D eigenvalue weighted by atomic mass is 32.2. The van der Waals surface area contributed by atoms with E-state index < -0.39 is 0 Å². The van der Waals surface area contributed by atoms with Crippen molar-refractivity contribution in [3.05, 3.63) is 58.4 Å². The molecule has 8 nitrogen and oxygen atoms in total. The molecule has 1 amide bonds. The van der Waals surface area contributed by atoms with Crippen molar-refractivity contribution in [2.24, 2.45) is 0 Å². The lowest BCUT2D eigenvalue weighted by atomic mass is 10.2. The number of amides is 1. The first kappa shape index (κ1) is 22.4. The zero-order valence-electron chi connectivity index (χ0n) is 18.8. The molecule has 1 atom stereocenters. The fourth-order valence-electron chi connectivity index (χ4n) is 4.34. The summed E-state index contributed by atoms with van der Waals surface area (Å²) in [5.74, 6) is 1.41. The minimum Gasteiger partial charge on any atom is -0.454 e. The van der Waals surface area contributed by atoms with E-state index >= 15 is 0 Å². The van der Waals surface area contributed by atoms with E-state index in [1.54, 1.807) is 4.57 Å². The number of thiophene rings is 1. The van der Waals surface area contributed by atoms with Gasteiger partial charge in [0.2, 0.25) is 12.7 Å². The van der Waals surface area contributed by atoms with E-state index in [0.29, 0.717) is 40.0 Å². The van der Waals surface area contributed by atoms with Gasteiger partial charge in [0.05, 0.1) is 23.9 Å². The maximum Gasteiger partial charge on any atom is 0.272 e. The minimum absolute atomic E-state index is 0.0831. The monoisotopic (exact) mass is 509 g/mol. The third kappa shape index (κ3) is 4.49. The highest BCUT2D eigenvalue weighted by molar-refractivity contribution is 7.99. The van der Waals surface area contributed by atoms with Gasteiger partial charge in [0.25, 0.3) is 5.56 Å². The number of fused-ring (bicyclic) bond motifs is 4. The summed E-state index contributed by atoms with van der Waals surface area (Å²) in [6.45, 7) is 1.76. The maximum absolute atomic E-state index is 13.6. The van der Waals surface area contributed by atoms with E-state index in [1.807, 2.05) is 42.5 Å². The van der Waals surface area contributed by atoms with Crippen LogP contribution in [0.15, 0.2) is 52.4 Å². The smallest absolute Gasteiger partial charge is 0.272 e. The Morgan fingerprint density at radius 2 is 2.09 bits per heavy atom. The topological polar surface area (TPSA) is 91.7 Å². The van der Waals surface area contributed by atoms with Gasteiger partial charge in [0.15, 0.2) is 16.7 Å². The molecule has 1 fully saturated rings. The Balaban J connectivity index is 1.32. The summed E-state index contributed by atoms with van der Waals surface area (Å²) in [4.78, 5) is 31.1. The third-order valence-corrected chi connectivity index (χ3v) is 8.23. The van der Waals surface area contributed by atoms with Crippen LogP contribution < -0.4 is 20.3 Å². The van der Waals surface area contributed by atoms with Crippen LogP contribution in [0.25, 0.3) is 20.3 Å². The quantitative estimate of drug-likeness (QED) is 0.299. The molecule has 4 heterocycles. The van der Waals surface area contributed by atoms with E-state index in [4.69, 9.17) is 19.2 Å². The van der Waals surface area contributed by atoms with Gasteiger partial charge in [-0.15, -0.1) is 11.3 Å². The second kappa shape index (κ2) is 9.52. The Bertz CT molecular complexity index is 1480. The predicted molar refractivity (Wildman–Crippen MR) is 136 cm³/mol. The van der Waals surface area contributed by atoms with Gasteiger partial charge in [-0.05, 0) is 36.6 Å². The largest absolute Gasteiger partial charge is 0.454 e. The van der Waals surface area contributed by atoms with Gasteiger partial charge in [-0.1, -0.05) is 36.0 Å². The van der Waals surface area contributed by atoms with Crippen LogP contribution >= 0.6 is 23.1 Å². The average Bonchev–Trinajstić information content (AvgIpc) is 3.63. The summed E-state index contributed by atoms with van der Waals surface area (Å²) in [6, 6.07) is 13.5. The number of nitrogens with one attached hydrogen (secondary N) is 1. The van der Waals surface area contributed by atoms with Crippen LogP contribution in [0, 0.1) is 0 Å². The number of thioether (sulfide) groups is 1. The molecule has 2 aromatic carbocycles. The van der Waals surface area contributed by atoms with Gasteiger partial charge in [0, 0.05) is 23.2 Å². The lowest BCUT2D eigenvalue weighted by molar-refractivity contribution is -0.119. The van der Waals surface area contributed by atoms with E-state index in [9.17, 15) is 9.59 Å². The van der Waals surface area contributed by atoms with Gasteiger partial charge in [-0.3, -0.25) is 14.2 Å². The minimum atomic E-state index is -0.115. The zero-order chi connectivity index (χ0) is 23.8. The number of benzene rings is 2. The van der Waals surface area contributed by atoms with Crippen LogP contribution in [0.1, 0.15) is 18.4 Å². The number of aromatic nitrogens is 2. The highest BCUT2D eigenvalue weighted by Gasteiger charge is 2.20. The SMILES string of the molecule is O=C(CSc1nc2c(sc3ccccc32)c(=O)n1Cc1ccc2c(c1)OCO2)NC[C@@H]1CCCO1. The molecule has 4 aromatic rings. The molecule has 0 saturated carbocycles. The van der Waals surface area contributed by atoms with Crippen molar-refractivity contribution in [3.8, 4) is 11.5 Å². The molecular weight excluding hydrogens is 486 g/mol. The fraction of sp³-hybridized carbons (Fsp3) is 0.320. The standard InChI is InChI=1S/C25H23N3O5S2/c29-21(26-11-16-4-3-9-31-16)13-34-25-27-22-17-5-1-2-6-20(17)35-23(22)24(30)28(25)12-15-7-8-18-19(10-15)33-14-32-18/h1-2,5-8,10,16H,3-4,9,11-14H2,(H,26,29)/t16-/m0/s1. The Morgan fingerprint density at radius 3 is 2.97 bits per heavy atom. The summed E-state index contributed by atoms with van der Waals surface area (Å²) in [7, 11) is 0. The number of ether oxygens (including phenoxy) is 3. The van der Waals surface area contributed by atoms with Crippen LogP contribution in [0.2, 0.25) is 0 Å². The Labute approximate surface area is 209 Å². The Kier molecular flexibility index (Phi) is 6.09. The van der Waals surface area contributed by atoms with Gasteiger partial charge in [0.1, 0.15) is 4.70 Å². The van der Waals surface area contributed by atoms with E-state index in [1.165, 1.54) is 23.1 Å². The van der Waals surface area contributed by atoms with Crippen LogP contribution in [0.4, 0.5) is 0 Å². The molecule has 0 aliphatic carbocycles. The number of carbonyl (C=O) groups excluding carboxylic acids is 1. The Morgan fingerprint density at radius 1 is 1.20 bits per heavy atom. The van der Waals surface area contributed by atoms with Crippen molar-refractivity contribution in [1.29, 1.82) is 0 Å². The second-order valence-corrected chi connectivity index (χ2v) is 10.5. The summed E-state index contributed by atoms with van der Waals surface area (Å²) in [6.07, 6.45) is 2.08. The van der Waals surface area contributed by atoms with E-state index in [0.717, 1.165) is 35.1 Å². The summed E-state index contributed by atoms with van der Waals surface area (Å²) < 4.78 is 19.8. The van der Waals surface area contributed by atoms with Crippen LogP contribution in [-0.4, -0.2) is 47.3 Å². The first-order valence-corrected chi connectivity index (χ1v) is 13.3. The highest BCUT2D eigenvalue weighted by Crippen LogP contribution is 2.34. The fourth-order valence-corrected chi connectivity index (χ4v) is 6.25. The van der Waals surface area contributed by atoms with Crippen molar-refractivity contribution in [2.75, 3.05) is 25.7 Å². The lowest BCUT2D eigenvalue weighted by Crippen LogP contribution is -2.33. The molecule has 1 saturated heterocycles. The van der Waals surface area contributed by atoms with Gasteiger partial charge < -0.3 is 19.5 Å². The van der Waals surface area contributed by atoms with Gasteiger partial charge >= 0.3 is 0 Å². The van der Waals surface area contributed by atoms with E-state index in [2.05, 4.69) is 5.32 Å². The maximum atomic E-state index is 13.6. The molecule has 2 aliphatic heterocycles. The predicted octanol–water partition coefficient (Wildman–Crippen LogP) is 3.78. The van der Waals surface area contributed by atoms with Crippen molar-refractivity contribution in [3.63, 3.8) is 0 Å². The average molecular weight is 510 g/mol. The van der Waals surface area contributed by atoms with Crippen molar-refractivity contribution in [2.45, 2.75) is 30.6 Å². The molecular formula is C25H23N3O5S2. The molecule has 0 spiro atoms. The molecule has 0 radical (unpaired) electrons.